The number of rotatable bonds is 51. The molecule has 0 aromatic heterocycles. The average Bonchev–Trinajstić information content (AvgIpc) is 3.37. The molecule has 0 radical (unpaired) electrons. The maximum absolute atomic E-state index is 14.5. The second-order valence-electron chi connectivity index (χ2n) is 20.2. The van der Waals surface area contributed by atoms with Crippen LogP contribution < -0.4 is 28.4 Å². The molecule has 0 aliphatic heterocycles. The van der Waals surface area contributed by atoms with Crippen molar-refractivity contribution in [2.45, 2.75) is 273 Å². The number of hydrogen-bond donors (Lipinski definition) is 1. The fourth-order valence-corrected chi connectivity index (χ4v) is 8.82. The van der Waals surface area contributed by atoms with Crippen molar-refractivity contribution in [1.29, 1.82) is 0 Å². The molecule has 0 atom stereocenters. The zero-order valence-electron chi connectivity index (χ0n) is 46.9. The molecule has 0 fully saturated rings. The molecule has 2 aromatic rings. The van der Waals surface area contributed by atoms with E-state index < -0.39 is 0 Å². The van der Waals surface area contributed by atoms with Crippen LogP contribution in [-0.4, -0.2) is 50.5 Å². The van der Waals surface area contributed by atoms with Crippen molar-refractivity contribution in [3.8, 4) is 34.5 Å². The predicted molar refractivity (Wildman–Crippen MR) is 301 cm³/mol. The lowest BCUT2D eigenvalue weighted by atomic mass is 10.1. The number of allylic oxidation sites excluding steroid dienone is 1. The van der Waals surface area contributed by atoms with Crippen molar-refractivity contribution in [2.24, 2.45) is 0 Å². The van der Waals surface area contributed by atoms with Gasteiger partial charge in [-0.3, -0.25) is 4.79 Å². The van der Waals surface area contributed by atoms with Crippen molar-refractivity contribution >= 4 is 11.5 Å². The summed E-state index contributed by atoms with van der Waals surface area (Å²) >= 11 is 0. The minimum absolute atomic E-state index is 0.168. The van der Waals surface area contributed by atoms with Crippen LogP contribution in [0.5, 0.6) is 34.5 Å². The van der Waals surface area contributed by atoms with Crippen LogP contribution in [0, 0.1) is 0 Å². The molecule has 0 unspecified atom stereocenters. The topological polar surface area (TPSA) is 92.7 Å². The zero-order valence-corrected chi connectivity index (χ0v) is 46.9. The first kappa shape index (κ1) is 63.6. The summed E-state index contributed by atoms with van der Waals surface area (Å²) in [6, 6.07) is 7.18. The van der Waals surface area contributed by atoms with Gasteiger partial charge in [-0.1, -0.05) is 234 Å². The van der Waals surface area contributed by atoms with Crippen molar-refractivity contribution in [3.05, 3.63) is 41.5 Å². The van der Waals surface area contributed by atoms with Crippen molar-refractivity contribution < 1.29 is 38.3 Å². The van der Waals surface area contributed by atoms with Gasteiger partial charge in [0.25, 0.3) is 0 Å². The number of unbranched alkanes of at least 4 members (excludes halogenated alkanes) is 30. The Bertz CT molecular complexity index is 1520. The number of ether oxygens (including phenoxy) is 6. The first-order valence-electron chi connectivity index (χ1n) is 30.0. The summed E-state index contributed by atoms with van der Waals surface area (Å²) in [7, 11) is 0. The summed E-state index contributed by atoms with van der Waals surface area (Å²) in [5, 5.41) is 11.9. The summed E-state index contributed by atoms with van der Waals surface area (Å²) in [4.78, 5) is 14.5. The largest absolute Gasteiger partial charge is 0.507 e. The molecule has 2 rings (SSSR count). The molecular weight excluding hydrogens is 885 g/mol. The minimum Gasteiger partial charge on any atom is -0.507 e. The second-order valence-corrected chi connectivity index (χ2v) is 20.2. The molecule has 0 aliphatic rings. The highest BCUT2D eigenvalue weighted by molar-refractivity contribution is 6.08. The van der Waals surface area contributed by atoms with Crippen LogP contribution in [0.25, 0.3) is 5.76 Å². The molecule has 0 heterocycles. The third-order valence-electron chi connectivity index (χ3n) is 13.4. The molecule has 8 nitrogen and oxygen atoms in total. The standard InChI is InChI=1S/C63H108O8/c1-7-13-19-25-31-37-43-66-58-49-54(50-59(67-44-38-32-26-20-14-8-2)62(58)70-47-41-35-29-23-17-11-5)56(64)53-57(65)55-51-60(68-45-39-33-27-21-15-9-3)63(71-48-42-36-30-24-18-12-6)61(52-55)69-46-40-34-28-22-16-10-4/h49-53,64H,7-48H2,1-6H3/b56-53-. The monoisotopic (exact) mass is 993 g/mol. The second kappa shape index (κ2) is 45.1. The Morgan fingerprint density at radius 2 is 0.535 bits per heavy atom. The lowest BCUT2D eigenvalue weighted by Gasteiger charge is -2.19. The predicted octanol–water partition coefficient (Wildman–Crippen LogP) is 19.9. The Balaban J connectivity index is 2.57. The number of carbonyl (C=O) groups excluding carboxylic acids is 1. The van der Waals surface area contributed by atoms with Crippen molar-refractivity contribution in [1.82, 2.24) is 0 Å². The number of hydrogen-bond acceptors (Lipinski definition) is 8. The van der Waals surface area contributed by atoms with E-state index >= 15 is 0 Å². The molecule has 1 N–H and O–H groups in total. The summed E-state index contributed by atoms with van der Waals surface area (Å²) in [5.74, 6) is 2.73. The van der Waals surface area contributed by atoms with Gasteiger partial charge in [-0.05, 0) is 62.8 Å². The first-order valence-corrected chi connectivity index (χ1v) is 30.0. The summed E-state index contributed by atoms with van der Waals surface area (Å²) in [6.07, 6.45) is 42.7. The Hall–Kier alpha value is -3.55. The molecule has 0 amide bonds. The van der Waals surface area contributed by atoms with Crippen LogP contribution in [0.1, 0.15) is 289 Å². The quantitative estimate of drug-likeness (QED) is 0.0303. The number of aliphatic hydroxyl groups excluding tert-OH is 1. The van der Waals surface area contributed by atoms with E-state index in [1.807, 2.05) is 12.1 Å². The average molecular weight is 994 g/mol. The molecule has 0 saturated carbocycles. The number of ketones is 1. The summed E-state index contributed by atoms with van der Waals surface area (Å²) in [5.41, 5.74) is 0.816. The van der Waals surface area contributed by atoms with Gasteiger partial charge in [-0.15, -0.1) is 0 Å². The van der Waals surface area contributed by atoms with Gasteiger partial charge in [0.15, 0.2) is 28.8 Å². The highest BCUT2D eigenvalue weighted by Gasteiger charge is 2.22. The molecule has 0 saturated heterocycles. The lowest BCUT2D eigenvalue weighted by molar-refractivity contribution is 0.104. The maximum Gasteiger partial charge on any atom is 0.203 e. The maximum atomic E-state index is 14.5. The SMILES string of the molecule is CCCCCCCCOc1cc(C(=O)/C=C(\O)c2cc(OCCCCCCCC)c(OCCCCCCCC)c(OCCCCCCCC)c2)cc(OCCCCCCCC)c1OCCCCCCCC. The van der Waals surface area contributed by atoms with Gasteiger partial charge >= 0.3 is 0 Å². The number of carbonyl (C=O) groups is 1. The van der Waals surface area contributed by atoms with E-state index in [2.05, 4.69) is 41.5 Å². The third-order valence-corrected chi connectivity index (χ3v) is 13.4. The van der Waals surface area contributed by atoms with Gasteiger partial charge in [0.2, 0.25) is 11.5 Å². The van der Waals surface area contributed by atoms with E-state index in [0.717, 1.165) is 77.0 Å². The van der Waals surface area contributed by atoms with E-state index in [-0.39, 0.29) is 11.5 Å². The van der Waals surface area contributed by atoms with Gasteiger partial charge in [-0.2, -0.15) is 0 Å². The van der Waals surface area contributed by atoms with Crippen LogP contribution in [-0.2, 0) is 0 Å². The molecule has 8 heteroatoms. The molecular formula is C63H108O8. The first-order chi connectivity index (χ1) is 34.9. The van der Waals surface area contributed by atoms with Crippen LogP contribution >= 0.6 is 0 Å². The van der Waals surface area contributed by atoms with E-state index in [1.165, 1.54) is 160 Å². The molecule has 0 bridgehead atoms. The Morgan fingerprint density at radius 3 is 0.789 bits per heavy atom. The molecule has 2 aromatic carbocycles. The normalized spacial score (nSPS) is 11.5. The van der Waals surface area contributed by atoms with Crippen LogP contribution in [0.15, 0.2) is 30.3 Å². The third kappa shape index (κ3) is 30.9. The molecule has 0 spiro atoms. The lowest BCUT2D eigenvalue weighted by Crippen LogP contribution is -2.09. The highest BCUT2D eigenvalue weighted by Crippen LogP contribution is 2.42. The van der Waals surface area contributed by atoms with Crippen LogP contribution in [0.4, 0.5) is 0 Å². The minimum atomic E-state index is -0.355. The van der Waals surface area contributed by atoms with Crippen molar-refractivity contribution in [2.75, 3.05) is 39.6 Å². The summed E-state index contributed by atoms with van der Waals surface area (Å²) < 4.78 is 39.2. The summed E-state index contributed by atoms with van der Waals surface area (Å²) in [6.45, 7) is 16.6. The Morgan fingerprint density at radius 1 is 0.324 bits per heavy atom. The van der Waals surface area contributed by atoms with Gasteiger partial charge < -0.3 is 33.5 Å². The van der Waals surface area contributed by atoms with E-state index in [9.17, 15) is 9.90 Å². The van der Waals surface area contributed by atoms with E-state index in [4.69, 9.17) is 28.4 Å². The molecule has 71 heavy (non-hydrogen) atoms. The highest BCUT2D eigenvalue weighted by atomic mass is 16.5. The van der Waals surface area contributed by atoms with Crippen LogP contribution in [0.2, 0.25) is 0 Å². The van der Waals surface area contributed by atoms with E-state index in [0.29, 0.717) is 85.3 Å². The van der Waals surface area contributed by atoms with E-state index in [1.54, 1.807) is 12.1 Å². The van der Waals surface area contributed by atoms with Gasteiger partial charge in [-0.25, -0.2) is 0 Å². The zero-order chi connectivity index (χ0) is 51.3. The van der Waals surface area contributed by atoms with Gasteiger partial charge in [0, 0.05) is 17.2 Å². The smallest absolute Gasteiger partial charge is 0.203 e. The molecule has 408 valence electrons. The van der Waals surface area contributed by atoms with Crippen molar-refractivity contribution in [3.63, 3.8) is 0 Å². The van der Waals surface area contributed by atoms with Gasteiger partial charge in [0.05, 0.1) is 39.6 Å². The molecule has 0 aliphatic carbocycles. The van der Waals surface area contributed by atoms with Gasteiger partial charge in [0.1, 0.15) is 5.76 Å². The fraction of sp³-hybridized carbons (Fsp3) is 0.762. The Kier molecular flexibility index (Phi) is 40.4. The number of aliphatic hydroxyl groups is 1. The van der Waals surface area contributed by atoms with Crippen LogP contribution in [0.3, 0.4) is 0 Å². The fourth-order valence-electron chi connectivity index (χ4n) is 8.82. The Labute approximate surface area is 436 Å². The number of benzene rings is 2.